The summed E-state index contributed by atoms with van der Waals surface area (Å²) in [6.45, 7) is 3.88. The maximum atomic E-state index is 11.5. The number of nitrogens with zero attached hydrogens (tertiary/aromatic N) is 1. The van der Waals surface area contributed by atoms with Crippen LogP contribution in [0.1, 0.15) is 26.2 Å². The fourth-order valence-corrected chi connectivity index (χ4v) is 1.93. The molecule has 0 aromatic carbocycles. The van der Waals surface area contributed by atoms with Crippen LogP contribution in [0.15, 0.2) is 0 Å². The van der Waals surface area contributed by atoms with E-state index in [-0.39, 0.29) is 24.9 Å². The highest BCUT2D eigenvalue weighted by molar-refractivity contribution is 5.96. The number of rotatable bonds is 7. The Bertz CT molecular complexity index is 261. The number of esters is 1. The predicted molar refractivity (Wildman–Crippen MR) is 62.7 cm³/mol. The van der Waals surface area contributed by atoms with Crippen molar-refractivity contribution < 1.29 is 19.1 Å². The summed E-state index contributed by atoms with van der Waals surface area (Å²) in [5, 5.41) is 0. The number of Topliss-reactive ketones (excluding diaryl/α,β-unsaturated/α-hetero) is 1. The van der Waals surface area contributed by atoms with Gasteiger partial charge >= 0.3 is 5.97 Å². The van der Waals surface area contributed by atoms with E-state index in [4.69, 9.17) is 9.47 Å². The monoisotopic (exact) mass is 243 g/mol. The van der Waals surface area contributed by atoms with E-state index in [1.807, 2.05) is 11.9 Å². The summed E-state index contributed by atoms with van der Waals surface area (Å²) in [5.41, 5.74) is 0. The van der Waals surface area contributed by atoms with Crippen molar-refractivity contribution in [2.24, 2.45) is 0 Å². The third-order valence-electron chi connectivity index (χ3n) is 2.63. The third-order valence-corrected chi connectivity index (χ3v) is 2.63. The maximum Gasteiger partial charge on any atom is 0.313 e. The van der Waals surface area contributed by atoms with Gasteiger partial charge in [0, 0.05) is 13.2 Å². The Hall–Kier alpha value is -0.940. The highest BCUT2D eigenvalue weighted by Gasteiger charge is 2.19. The first-order valence-electron chi connectivity index (χ1n) is 6.09. The molecule has 98 valence electrons. The van der Waals surface area contributed by atoms with Gasteiger partial charge in [0.2, 0.25) is 0 Å². The second-order valence-electron chi connectivity index (χ2n) is 4.35. The molecule has 5 heteroatoms. The molecule has 1 aliphatic heterocycles. The molecule has 0 saturated carbocycles. The van der Waals surface area contributed by atoms with Gasteiger partial charge in [0.25, 0.3) is 0 Å². The van der Waals surface area contributed by atoms with Crippen LogP contribution in [0.5, 0.6) is 0 Å². The van der Waals surface area contributed by atoms with E-state index in [2.05, 4.69) is 0 Å². The van der Waals surface area contributed by atoms with Gasteiger partial charge in [-0.3, -0.25) is 14.5 Å². The number of hydrogen-bond donors (Lipinski definition) is 0. The van der Waals surface area contributed by atoms with Crippen LogP contribution in [0.25, 0.3) is 0 Å². The van der Waals surface area contributed by atoms with Gasteiger partial charge < -0.3 is 9.47 Å². The van der Waals surface area contributed by atoms with E-state index in [0.29, 0.717) is 6.61 Å². The molecular formula is C12H21NO4. The molecule has 0 spiro atoms. The highest BCUT2D eigenvalue weighted by atomic mass is 16.5. The Labute approximate surface area is 102 Å². The second kappa shape index (κ2) is 7.40. The van der Waals surface area contributed by atoms with Crippen molar-refractivity contribution in [2.45, 2.75) is 32.3 Å². The van der Waals surface area contributed by atoms with Crippen molar-refractivity contribution in [3.63, 3.8) is 0 Å². The fourth-order valence-electron chi connectivity index (χ4n) is 1.93. The van der Waals surface area contributed by atoms with Crippen molar-refractivity contribution >= 4 is 11.8 Å². The van der Waals surface area contributed by atoms with Gasteiger partial charge in [-0.15, -0.1) is 0 Å². The Kier molecular flexibility index (Phi) is 6.15. The lowest BCUT2D eigenvalue weighted by atomic mass is 10.2. The summed E-state index contributed by atoms with van der Waals surface area (Å²) in [6, 6.07) is 0. The van der Waals surface area contributed by atoms with Crippen LogP contribution in [-0.4, -0.2) is 56.1 Å². The molecule has 0 aromatic rings. The first-order valence-corrected chi connectivity index (χ1v) is 6.09. The van der Waals surface area contributed by atoms with Gasteiger partial charge in [-0.25, -0.2) is 0 Å². The molecular weight excluding hydrogens is 222 g/mol. The van der Waals surface area contributed by atoms with E-state index < -0.39 is 5.97 Å². The van der Waals surface area contributed by atoms with Crippen molar-refractivity contribution in [3.8, 4) is 0 Å². The van der Waals surface area contributed by atoms with Gasteiger partial charge in [0.05, 0.1) is 19.3 Å². The standard InChI is InChI=1S/C12H21NO4/c1-3-16-12(15)7-10(14)8-13(2)9-11-5-4-6-17-11/h11H,3-9H2,1-2H3. The summed E-state index contributed by atoms with van der Waals surface area (Å²) in [6.07, 6.45) is 2.24. The van der Waals surface area contributed by atoms with Gasteiger partial charge in [-0.05, 0) is 26.8 Å². The molecule has 0 aliphatic carbocycles. The van der Waals surface area contributed by atoms with E-state index in [0.717, 1.165) is 26.0 Å². The molecule has 1 unspecified atom stereocenters. The van der Waals surface area contributed by atoms with Crippen LogP contribution < -0.4 is 0 Å². The second-order valence-corrected chi connectivity index (χ2v) is 4.35. The Morgan fingerprint density at radius 1 is 1.47 bits per heavy atom. The Morgan fingerprint density at radius 3 is 2.82 bits per heavy atom. The molecule has 1 aliphatic rings. The normalized spacial score (nSPS) is 19.6. The SMILES string of the molecule is CCOC(=O)CC(=O)CN(C)CC1CCCO1. The molecule has 1 fully saturated rings. The minimum absolute atomic E-state index is 0.107. The van der Waals surface area contributed by atoms with E-state index in [1.54, 1.807) is 6.92 Å². The van der Waals surface area contributed by atoms with E-state index in [1.165, 1.54) is 0 Å². The zero-order valence-electron chi connectivity index (χ0n) is 10.6. The van der Waals surface area contributed by atoms with Crippen LogP contribution in [0.2, 0.25) is 0 Å². The van der Waals surface area contributed by atoms with Gasteiger partial charge in [-0.1, -0.05) is 0 Å². The molecule has 1 rings (SSSR count). The lowest BCUT2D eigenvalue weighted by Crippen LogP contribution is -2.33. The number of likely N-dealkylation sites (N-methyl/N-ethyl adjacent to an activating group) is 1. The van der Waals surface area contributed by atoms with Crippen LogP contribution in [0, 0.1) is 0 Å². The minimum Gasteiger partial charge on any atom is -0.466 e. The summed E-state index contributed by atoms with van der Waals surface area (Å²) in [7, 11) is 1.87. The van der Waals surface area contributed by atoms with Gasteiger partial charge in [-0.2, -0.15) is 0 Å². The molecule has 1 heterocycles. The number of carbonyl (C=O) groups excluding carboxylic acids is 2. The topological polar surface area (TPSA) is 55.8 Å². The molecule has 5 nitrogen and oxygen atoms in total. The van der Waals surface area contributed by atoms with Crippen LogP contribution in [0.3, 0.4) is 0 Å². The molecule has 0 amide bonds. The molecule has 0 radical (unpaired) electrons. The van der Waals surface area contributed by atoms with E-state index >= 15 is 0 Å². The molecule has 0 bridgehead atoms. The fraction of sp³-hybridized carbons (Fsp3) is 0.833. The van der Waals surface area contributed by atoms with Gasteiger partial charge in [0.15, 0.2) is 5.78 Å². The lowest BCUT2D eigenvalue weighted by molar-refractivity contribution is -0.145. The summed E-state index contributed by atoms with van der Waals surface area (Å²) in [4.78, 5) is 24.5. The Balaban J connectivity index is 2.18. The smallest absolute Gasteiger partial charge is 0.313 e. The average molecular weight is 243 g/mol. The van der Waals surface area contributed by atoms with Crippen molar-refractivity contribution in [3.05, 3.63) is 0 Å². The van der Waals surface area contributed by atoms with Crippen molar-refractivity contribution in [2.75, 3.05) is 33.4 Å². The zero-order chi connectivity index (χ0) is 12.7. The zero-order valence-corrected chi connectivity index (χ0v) is 10.6. The first-order chi connectivity index (χ1) is 8.11. The molecule has 0 aromatic heterocycles. The number of ether oxygens (including phenoxy) is 2. The number of hydrogen-bond acceptors (Lipinski definition) is 5. The summed E-state index contributed by atoms with van der Waals surface area (Å²) in [5.74, 6) is -0.549. The largest absolute Gasteiger partial charge is 0.466 e. The molecule has 1 saturated heterocycles. The molecule has 1 atom stereocenters. The van der Waals surface area contributed by atoms with Crippen LogP contribution in [0.4, 0.5) is 0 Å². The van der Waals surface area contributed by atoms with E-state index in [9.17, 15) is 9.59 Å². The third kappa shape index (κ3) is 5.79. The summed E-state index contributed by atoms with van der Waals surface area (Å²) >= 11 is 0. The van der Waals surface area contributed by atoms with Crippen molar-refractivity contribution in [1.29, 1.82) is 0 Å². The predicted octanol–water partition coefficient (Wildman–Crippen LogP) is 0.619. The van der Waals surface area contributed by atoms with Crippen LogP contribution in [-0.2, 0) is 19.1 Å². The van der Waals surface area contributed by atoms with Crippen LogP contribution >= 0.6 is 0 Å². The lowest BCUT2D eigenvalue weighted by Gasteiger charge is -2.19. The highest BCUT2D eigenvalue weighted by Crippen LogP contribution is 2.12. The first kappa shape index (κ1) is 14.1. The maximum absolute atomic E-state index is 11.5. The minimum atomic E-state index is -0.442. The quantitative estimate of drug-likeness (QED) is 0.484. The average Bonchev–Trinajstić information content (AvgIpc) is 2.69. The van der Waals surface area contributed by atoms with Gasteiger partial charge in [0.1, 0.15) is 6.42 Å². The number of carbonyl (C=O) groups is 2. The Morgan fingerprint density at radius 2 is 2.24 bits per heavy atom. The molecule has 17 heavy (non-hydrogen) atoms. The molecule has 0 N–H and O–H groups in total. The van der Waals surface area contributed by atoms with Crippen molar-refractivity contribution in [1.82, 2.24) is 4.90 Å². The number of ketones is 1. The summed E-state index contributed by atoms with van der Waals surface area (Å²) < 4.78 is 10.2.